The highest BCUT2D eigenvalue weighted by atomic mass is 19.4. The van der Waals surface area contributed by atoms with Gasteiger partial charge in [0.05, 0.1) is 17.2 Å². The fourth-order valence-corrected chi connectivity index (χ4v) is 1.96. The smallest absolute Gasteiger partial charge is 0.376 e. The summed E-state index contributed by atoms with van der Waals surface area (Å²) in [5, 5.41) is 0. The number of hydrogen-bond donors (Lipinski definition) is 2. The minimum Gasteiger partial charge on any atom is -0.376 e. The quantitative estimate of drug-likeness (QED) is 0.642. The molecule has 2 atom stereocenters. The van der Waals surface area contributed by atoms with Crippen molar-refractivity contribution >= 4 is 0 Å². The number of nitrogens with two attached hydrogens (primary N) is 1. The molecule has 0 fully saturated rings. The van der Waals surface area contributed by atoms with Crippen LogP contribution in [0.5, 0.6) is 0 Å². The molecule has 1 aromatic rings. The third-order valence-electron chi connectivity index (χ3n) is 3.52. The number of nitrogens with one attached hydrogen (secondary N) is 1. The molecule has 0 spiro atoms. The molecule has 0 heterocycles. The molecule has 6 heteroatoms. The fourth-order valence-electron chi connectivity index (χ4n) is 1.96. The lowest BCUT2D eigenvalue weighted by Gasteiger charge is -2.35. The van der Waals surface area contributed by atoms with Gasteiger partial charge in [0, 0.05) is 7.11 Å². The highest BCUT2D eigenvalue weighted by molar-refractivity contribution is 5.28. The van der Waals surface area contributed by atoms with Crippen molar-refractivity contribution in [1.82, 2.24) is 5.43 Å². The van der Waals surface area contributed by atoms with Crippen LogP contribution in [-0.2, 0) is 10.9 Å². The molecule has 1 aromatic carbocycles. The van der Waals surface area contributed by atoms with Crippen molar-refractivity contribution in [3.8, 4) is 0 Å². The topological polar surface area (TPSA) is 47.3 Å². The zero-order valence-corrected chi connectivity index (χ0v) is 11.2. The van der Waals surface area contributed by atoms with Gasteiger partial charge in [-0.05, 0) is 31.0 Å². The molecule has 0 bridgehead atoms. The van der Waals surface area contributed by atoms with Gasteiger partial charge >= 0.3 is 6.18 Å². The van der Waals surface area contributed by atoms with Crippen LogP contribution in [0.1, 0.15) is 37.4 Å². The molecule has 0 amide bonds. The first kappa shape index (κ1) is 15.9. The van der Waals surface area contributed by atoms with E-state index < -0.39 is 17.3 Å². The van der Waals surface area contributed by atoms with Gasteiger partial charge in [-0.15, -0.1) is 0 Å². The van der Waals surface area contributed by atoms with Gasteiger partial charge in [0.1, 0.15) is 0 Å². The first-order chi connectivity index (χ1) is 8.78. The number of hydrogen-bond acceptors (Lipinski definition) is 3. The second-order valence-corrected chi connectivity index (χ2v) is 4.59. The zero-order chi connectivity index (χ0) is 14.7. The van der Waals surface area contributed by atoms with Crippen LogP contribution in [-0.4, -0.2) is 12.7 Å². The molecule has 0 saturated carbocycles. The summed E-state index contributed by atoms with van der Waals surface area (Å²) in [6, 6.07) is 4.54. The molecule has 108 valence electrons. The molecule has 0 aliphatic rings. The largest absolute Gasteiger partial charge is 0.416 e. The molecule has 0 saturated heterocycles. The summed E-state index contributed by atoms with van der Waals surface area (Å²) in [6.07, 6.45) is -3.67. The predicted molar refractivity (Wildman–Crippen MR) is 67.2 cm³/mol. The predicted octanol–water partition coefficient (Wildman–Crippen LogP) is 3.02. The van der Waals surface area contributed by atoms with Crippen LogP contribution < -0.4 is 11.3 Å². The van der Waals surface area contributed by atoms with Crippen molar-refractivity contribution in [1.29, 1.82) is 0 Å². The average Bonchev–Trinajstić information content (AvgIpc) is 2.38. The molecule has 19 heavy (non-hydrogen) atoms. The minimum absolute atomic E-state index is 0.384. The SMILES string of the molecule is CCC(C)(OC)C(NN)c1ccc(C(F)(F)F)cc1. The van der Waals surface area contributed by atoms with E-state index in [-0.39, 0.29) is 6.04 Å². The Bertz CT molecular complexity index is 399. The Kier molecular flexibility index (Phi) is 4.95. The maximum absolute atomic E-state index is 12.5. The Morgan fingerprint density at radius 1 is 1.26 bits per heavy atom. The van der Waals surface area contributed by atoms with Gasteiger partial charge in [-0.2, -0.15) is 13.2 Å². The number of alkyl halides is 3. The summed E-state index contributed by atoms with van der Waals surface area (Å²) in [4.78, 5) is 0. The van der Waals surface area contributed by atoms with Gasteiger partial charge in [-0.1, -0.05) is 19.1 Å². The van der Waals surface area contributed by atoms with Crippen LogP contribution in [0, 0.1) is 0 Å². The zero-order valence-electron chi connectivity index (χ0n) is 11.2. The number of halogens is 3. The van der Waals surface area contributed by atoms with E-state index in [1.807, 2.05) is 13.8 Å². The van der Waals surface area contributed by atoms with E-state index in [0.717, 1.165) is 12.1 Å². The van der Waals surface area contributed by atoms with Gasteiger partial charge in [-0.25, -0.2) is 0 Å². The summed E-state index contributed by atoms with van der Waals surface area (Å²) >= 11 is 0. The molecule has 3 nitrogen and oxygen atoms in total. The molecular formula is C13H19F3N2O. The summed E-state index contributed by atoms with van der Waals surface area (Å²) < 4.78 is 42.9. The standard InChI is InChI=1S/C13H19F3N2O/c1-4-12(2,19-3)11(18-17)9-5-7-10(8-6-9)13(14,15)16/h5-8,11,18H,4,17H2,1-3H3. The van der Waals surface area contributed by atoms with Crippen LogP contribution in [0.15, 0.2) is 24.3 Å². The Hall–Kier alpha value is -1.11. The van der Waals surface area contributed by atoms with E-state index in [4.69, 9.17) is 10.6 Å². The summed E-state index contributed by atoms with van der Waals surface area (Å²) in [6.45, 7) is 3.78. The van der Waals surface area contributed by atoms with Gasteiger partial charge < -0.3 is 4.74 Å². The molecular weight excluding hydrogens is 257 g/mol. The summed E-state index contributed by atoms with van der Waals surface area (Å²) in [5.74, 6) is 5.51. The number of benzene rings is 1. The minimum atomic E-state index is -4.33. The Morgan fingerprint density at radius 2 is 1.79 bits per heavy atom. The van der Waals surface area contributed by atoms with Crippen molar-refractivity contribution in [2.45, 2.75) is 38.1 Å². The summed E-state index contributed by atoms with van der Waals surface area (Å²) in [7, 11) is 1.55. The molecule has 0 aliphatic carbocycles. The van der Waals surface area contributed by atoms with Crippen molar-refractivity contribution in [3.63, 3.8) is 0 Å². The lowest BCUT2D eigenvalue weighted by atomic mass is 9.88. The fraction of sp³-hybridized carbons (Fsp3) is 0.538. The van der Waals surface area contributed by atoms with E-state index in [0.29, 0.717) is 12.0 Å². The van der Waals surface area contributed by atoms with Crippen LogP contribution >= 0.6 is 0 Å². The maximum Gasteiger partial charge on any atom is 0.416 e. The second-order valence-electron chi connectivity index (χ2n) is 4.59. The lowest BCUT2D eigenvalue weighted by molar-refractivity contribution is -0.137. The normalized spacial score (nSPS) is 17.0. The maximum atomic E-state index is 12.5. The van der Waals surface area contributed by atoms with Gasteiger partial charge in [-0.3, -0.25) is 11.3 Å². The average molecular weight is 276 g/mol. The van der Waals surface area contributed by atoms with E-state index in [2.05, 4.69) is 5.43 Å². The van der Waals surface area contributed by atoms with E-state index >= 15 is 0 Å². The van der Waals surface area contributed by atoms with Crippen molar-refractivity contribution in [2.24, 2.45) is 5.84 Å². The first-order valence-corrected chi connectivity index (χ1v) is 5.97. The molecule has 0 aliphatic heterocycles. The third kappa shape index (κ3) is 3.46. The van der Waals surface area contributed by atoms with Crippen molar-refractivity contribution in [2.75, 3.05) is 7.11 Å². The van der Waals surface area contributed by atoms with E-state index in [1.54, 1.807) is 7.11 Å². The molecule has 0 aromatic heterocycles. The number of ether oxygens (including phenoxy) is 1. The first-order valence-electron chi connectivity index (χ1n) is 5.97. The van der Waals surface area contributed by atoms with Crippen molar-refractivity contribution in [3.05, 3.63) is 35.4 Å². The Balaban J connectivity index is 3.07. The van der Waals surface area contributed by atoms with Crippen LogP contribution in [0.3, 0.4) is 0 Å². The Morgan fingerprint density at radius 3 is 2.11 bits per heavy atom. The lowest BCUT2D eigenvalue weighted by Crippen LogP contribution is -2.45. The number of methoxy groups -OCH3 is 1. The Labute approximate surface area is 110 Å². The number of hydrazine groups is 1. The van der Waals surface area contributed by atoms with Crippen LogP contribution in [0.2, 0.25) is 0 Å². The molecule has 0 radical (unpaired) electrons. The van der Waals surface area contributed by atoms with Crippen LogP contribution in [0.25, 0.3) is 0 Å². The van der Waals surface area contributed by atoms with Crippen LogP contribution in [0.4, 0.5) is 13.2 Å². The highest BCUT2D eigenvalue weighted by Gasteiger charge is 2.34. The number of rotatable bonds is 5. The molecule has 2 unspecified atom stereocenters. The molecule has 1 rings (SSSR count). The van der Waals surface area contributed by atoms with Gasteiger partial charge in [0.2, 0.25) is 0 Å². The van der Waals surface area contributed by atoms with Crippen molar-refractivity contribution < 1.29 is 17.9 Å². The second kappa shape index (κ2) is 5.90. The van der Waals surface area contributed by atoms with Gasteiger partial charge in [0.15, 0.2) is 0 Å². The van der Waals surface area contributed by atoms with E-state index in [1.165, 1.54) is 12.1 Å². The van der Waals surface area contributed by atoms with Gasteiger partial charge in [0.25, 0.3) is 0 Å². The monoisotopic (exact) mass is 276 g/mol. The highest BCUT2D eigenvalue weighted by Crippen LogP contribution is 2.34. The molecule has 3 N–H and O–H groups in total. The third-order valence-corrected chi connectivity index (χ3v) is 3.52. The van der Waals surface area contributed by atoms with E-state index in [9.17, 15) is 13.2 Å². The summed E-state index contributed by atoms with van der Waals surface area (Å²) in [5.41, 5.74) is 2.00.